The van der Waals surface area contributed by atoms with Gasteiger partial charge >= 0.3 is 5.97 Å². The molecule has 3 N–H and O–H groups in total. The van der Waals surface area contributed by atoms with Gasteiger partial charge in [0.2, 0.25) is 0 Å². The van der Waals surface area contributed by atoms with E-state index >= 15 is 0 Å². The van der Waals surface area contributed by atoms with Crippen LogP contribution in [0.1, 0.15) is 35.8 Å². The Morgan fingerprint density at radius 1 is 1.65 bits per heavy atom. The van der Waals surface area contributed by atoms with Gasteiger partial charge in [0.25, 0.3) is 0 Å². The van der Waals surface area contributed by atoms with Gasteiger partial charge in [-0.1, -0.05) is 0 Å². The van der Waals surface area contributed by atoms with Crippen molar-refractivity contribution >= 4 is 5.97 Å². The molecule has 1 aromatic rings. The molecular weight excluding hydrogens is 222 g/mol. The van der Waals surface area contributed by atoms with Gasteiger partial charge in [0.1, 0.15) is 5.56 Å². The Balaban J connectivity index is 2.56. The predicted octanol–water partition coefficient (Wildman–Crippen LogP) is 0.369. The second-order valence-corrected chi connectivity index (χ2v) is 4.08. The van der Waals surface area contributed by atoms with Crippen molar-refractivity contribution in [3.8, 4) is 0 Å². The van der Waals surface area contributed by atoms with Crippen LogP contribution in [0.25, 0.3) is 0 Å². The summed E-state index contributed by atoms with van der Waals surface area (Å²) in [6.07, 6.45) is 2.96. The molecule has 1 heterocycles. The molecule has 0 aliphatic heterocycles. The minimum Gasteiger partial charge on any atom is -0.478 e. The first-order valence-corrected chi connectivity index (χ1v) is 5.64. The number of nitrogens with one attached hydrogen (secondary N) is 1. The summed E-state index contributed by atoms with van der Waals surface area (Å²) in [5, 5.41) is 24.8. The van der Waals surface area contributed by atoms with E-state index in [0.717, 1.165) is 12.8 Å². The lowest BCUT2D eigenvalue weighted by Crippen LogP contribution is -2.27. The van der Waals surface area contributed by atoms with Crippen LogP contribution in [0.2, 0.25) is 0 Å². The van der Waals surface area contributed by atoms with Gasteiger partial charge in [0.05, 0.1) is 11.9 Å². The summed E-state index contributed by atoms with van der Waals surface area (Å²) in [6.45, 7) is 2.65. The molecule has 17 heavy (non-hydrogen) atoms. The largest absolute Gasteiger partial charge is 0.478 e. The van der Waals surface area contributed by atoms with E-state index in [1.807, 2.05) is 6.92 Å². The number of aliphatic hydroxyl groups excluding tert-OH is 1. The highest BCUT2D eigenvalue weighted by Gasteiger charge is 2.15. The topological polar surface area (TPSA) is 87.4 Å². The molecule has 0 fully saturated rings. The van der Waals surface area contributed by atoms with Gasteiger partial charge in [-0.3, -0.25) is 4.68 Å². The number of nitrogens with zero attached hydrogens (tertiary/aromatic N) is 2. The van der Waals surface area contributed by atoms with Crippen molar-refractivity contribution in [3.05, 3.63) is 17.5 Å². The molecule has 0 spiro atoms. The first-order chi connectivity index (χ1) is 8.06. The molecule has 0 bridgehead atoms. The second kappa shape index (κ2) is 6.36. The van der Waals surface area contributed by atoms with E-state index in [0.29, 0.717) is 12.2 Å². The predicted molar refractivity (Wildman–Crippen MR) is 62.8 cm³/mol. The number of aliphatic hydroxyl groups is 1. The van der Waals surface area contributed by atoms with Gasteiger partial charge in [-0.05, 0) is 19.8 Å². The Morgan fingerprint density at radius 2 is 2.35 bits per heavy atom. The lowest BCUT2D eigenvalue weighted by Gasteiger charge is -2.13. The average Bonchev–Trinajstić information content (AvgIpc) is 2.65. The molecule has 1 aromatic heterocycles. The number of hydrogen-bond donors (Lipinski definition) is 3. The molecule has 1 atom stereocenters. The third-order valence-corrected chi connectivity index (χ3v) is 2.71. The Hall–Kier alpha value is -1.40. The van der Waals surface area contributed by atoms with Crippen molar-refractivity contribution in [2.45, 2.75) is 32.4 Å². The van der Waals surface area contributed by atoms with E-state index in [9.17, 15) is 4.79 Å². The summed E-state index contributed by atoms with van der Waals surface area (Å²) in [7, 11) is 1.72. The van der Waals surface area contributed by atoms with Crippen molar-refractivity contribution < 1.29 is 15.0 Å². The average molecular weight is 241 g/mol. The van der Waals surface area contributed by atoms with Gasteiger partial charge in [-0.25, -0.2) is 4.79 Å². The quantitative estimate of drug-likeness (QED) is 0.642. The van der Waals surface area contributed by atoms with Crippen molar-refractivity contribution in [2.75, 3.05) is 6.61 Å². The fourth-order valence-corrected chi connectivity index (χ4v) is 1.62. The fourth-order valence-electron chi connectivity index (χ4n) is 1.62. The van der Waals surface area contributed by atoms with Crippen molar-refractivity contribution in [1.82, 2.24) is 15.1 Å². The Labute approximate surface area is 100 Å². The number of rotatable bonds is 7. The minimum absolute atomic E-state index is 0.179. The van der Waals surface area contributed by atoms with Crippen LogP contribution in [0.3, 0.4) is 0 Å². The SMILES string of the molecule is CC(CCCO)NCc1c(C(=O)O)cnn1C. The Morgan fingerprint density at radius 3 is 2.94 bits per heavy atom. The zero-order valence-electron chi connectivity index (χ0n) is 10.2. The van der Waals surface area contributed by atoms with E-state index in [1.165, 1.54) is 6.20 Å². The highest BCUT2D eigenvalue weighted by molar-refractivity contribution is 5.88. The molecule has 0 aromatic carbocycles. The van der Waals surface area contributed by atoms with Crippen molar-refractivity contribution in [3.63, 3.8) is 0 Å². The lowest BCUT2D eigenvalue weighted by molar-refractivity contribution is 0.0695. The maximum Gasteiger partial charge on any atom is 0.339 e. The van der Waals surface area contributed by atoms with Gasteiger partial charge in [0.15, 0.2) is 0 Å². The number of aromatic nitrogens is 2. The zero-order chi connectivity index (χ0) is 12.8. The molecule has 0 saturated heterocycles. The Kier molecular flexibility index (Phi) is 5.11. The van der Waals surface area contributed by atoms with Crippen LogP contribution in [0.5, 0.6) is 0 Å². The van der Waals surface area contributed by atoms with Crippen LogP contribution in [0.4, 0.5) is 0 Å². The number of carboxylic acid groups (broad SMARTS) is 1. The first-order valence-electron chi connectivity index (χ1n) is 5.64. The van der Waals surface area contributed by atoms with Crippen LogP contribution in [0.15, 0.2) is 6.20 Å². The maximum atomic E-state index is 10.9. The number of aryl methyl sites for hydroxylation is 1. The second-order valence-electron chi connectivity index (χ2n) is 4.08. The standard InChI is InChI=1S/C11H19N3O3/c1-8(4-3-5-15)12-7-10-9(11(16)17)6-13-14(10)2/h6,8,12,15H,3-5,7H2,1-2H3,(H,16,17). The lowest BCUT2D eigenvalue weighted by atomic mass is 10.1. The van der Waals surface area contributed by atoms with E-state index in [2.05, 4.69) is 10.4 Å². The third-order valence-electron chi connectivity index (χ3n) is 2.71. The monoisotopic (exact) mass is 241 g/mol. The minimum atomic E-state index is -0.960. The van der Waals surface area contributed by atoms with E-state index in [1.54, 1.807) is 11.7 Å². The molecule has 0 amide bonds. The molecule has 1 unspecified atom stereocenters. The van der Waals surface area contributed by atoms with Crippen LogP contribution >= 0.6 is 0 Å². The fraction of sp³-hybridized carbons (Fsp3) is 0.636. The molecule has 0 radical (unpaired) electrons. The normalized spacial score (nSPS) is 12.6. The van der Waals surface area contributed by atoms with Crippen LogP contribution in [0, 0.1) is 0 Å². The first kappa shape index (κ1) is 13.7. The molecule has 0 aliphatic carbocycles. The number of carbonyl (C=O) groups is 1. The zero-order valence-corrected chi connectivity index (χ0v) is 10.2. The van der Waals surface area contributed by atoms with E-state index in [-0.39, 0.29) is 18.2 Å². The van der Waals surface area contributed by atoms with Gasteiger partial charge in [0, 0.05) is 26.2 Å². The van der Waals surface area contributed by atoms with Crippen molar-refractivity contribution in [1.29, 1.82) is 0 Å². The van der Waals surface area contributed by atoms with Gasteiger partial charge in [-0.15, -0.1) is 0 Å². The summed E-state index contributed by atoms with van der Waals surface area (Å²) in [6, 6.07) is 0.235. The molecule has 0 saturated carbocycles. The summed E-state index contributed by atoms with van der Waals surface area (Å²) >= 11 is 0. The molecule has 96 valence electrons. The molecule has 6 nitrogen and oxygen atoms in total. The molecule has 0 aliphatic rings. The van der Waals surface area contributed by atoms with Gasteiger partial charge in [-0.2, -0.15) is 5.10 Å². The number of aromatic carboxylic acids is 1. The van der Waals surface area contributed by atoms with E-state index < -0.39 is 5.97 Å². The van der Waals surface area contributed by atoms with Crippen LogP contribution in [-0.4, -0.2) is 38.6 Å². The van der Waals surface area contributed by atoms with Gasteiger partial charge < -0.3 is 15.5 Å². The van der Waals surface area contributed by atoms with Crippen LogP contribution < -0.4 is 5.32 Å². The summed E-state index contributed by atoms with van der Waals surface area (Å²) in [5.74, 6) is -0.960. The number of carboxylic acids is 1. The maximum absolute atomic E-state index is 10.9. The number of hydrogen-bond acceptors (Lipinski definition) is 4. The summed E-state index contributed by atoms with van der Waals surface area (Å²) in [5.41, 5.74) is 0.891. The molecule has 6 heteroatoms. The van der Waals surface area contributed by atoms with Crippen LogP contribution in [-0.2, 0) is 13.6 Å². The highest BCUT2D eigenvalue weighted by atomic mass is 16.4. The summed E-state index contributed by atoms with van der Waals surface area (Å²) in [4.78, 5) is 10.9. The van der Waals surface area contributed by atoms with E-state index in [4.69, 9.17) is 10.2 Å². The van der Waals surface area contributed by atoms with Crippen molar-refractivity contribution in [2.24, 2.45) is 7.05 Å². The Bertz CT molecular complexity index is 376. The summed E-state index contributed by atoms with van der Waals surface area (Å²) < 4.78 is 1.56. The molecule has 1 rings (SSSR count). The smallest absolute Gasteiger partial charge is 0.339 e. The third kappa shape index (κ3) is 3.83. The highest BCUT2D eigenvalue weighted by Crippen LogP contribution is 2.08. The molecular formula is C11H19N3O3.